The number of benzene rings is 1. The predicted octanol–water partition coefficient (Wildman–Crippen LogP) is 2.77. The van der Waals surface area contributed by atoms with E-state index in [1.165, 1.54) is 18.4 Å². The average molecular weight is 275 g/mol. The highest BCUT2D eigenvalue weighted by Crippen LogP contribution is 2.39. The van der Waals surface area contributed by atoms with E-state index >= 15 is 0 Å². The Balaban J connectivity index is 1.83. The molecule has 0 radical (unpaired) electrons. The van der Waals surface area contributed by atoms with E-state index in [1.54, 1.807) is 7.11 Å². The number of rotatable bonds is 2. The molecule has 1 N–H and O–H groups in total. The van der Waals surface area contributed by atoms with Gasteiger partial charge in [-0.2, -0.15) is 0 Å². The molecular formula is C17H25NO2. The largest absolute Gasteiger partial charge is 0.497 e. The summed E-state index contributed by atoms with van der Waals surface area (Å²) in [5, 5.41) is 10.7. The standard InChI is InChI=1S/C17H25NO2/c1-11-4-5-12(2)18(10-11)16-8-13-6-7-14(20-3)9-15(13)17(16)19/h6-7,9,11-12,16-17,19H,4-5,8,10H2,1-3H3. The highest BCUT2D eigenvalue weighted by molar-refractivity contribution is 5.42. The second-order valence-corrected chi connectivity index (χ2v) is 6.51. The summed E-state index contributed by atoms with van der Waals surface area (Å²) in [6, 6.07) is 6.90. The van der Waals surface area contributed by atoms with E-state index in [0.29, 0.717) is 6.04 Å². The number of ether oxygens (including phenoxy) is 1. The molecule has 1 aromatic rings. The predicted molar refractivity (Wildman–Crippen MR) is 80.0 cm³/mol. The fraction of sp³-hybridized carbons (Fsp3) is 0.647. The fourth-order valence-corrected chi connectivity index (χ4v) is 3.79. The minimum Gasteiger partial charge on any atom is -0.497 e. The zero-order valence-corrected chi connectivity index (χ0v) is 12.7. The zero-order chi connectivity index (χ0) is 14.3. The maximum Gasteiger partial charge on any atom is 0.119 e. The number of likely N-dealkylation sites (tertiary alicyclic amines) is 1. The molecule has 1 aliphatic heterocycles. The van der Waals surface area contributed by atoms with Gasteiger partial charge in [0, 0.05) is 18.6 Å². The molecule has 1 fully saturated rings. The number of nitrogens with zero attached hydrogens (tertiary/aromatic N) is 1. The molecule has 4 unspecified atom stereocenters. The minimum absolute atomic E-state index is 0.231. The van der Waals surface area contributed by atoms with Crippen molar-refractivity contribution in [2.24, 2.45) is 5.92 Å². The van der Waals surface area contributed by atoms with Gasteiger partial charge in [-0.25, -0.2) is 0 Å². The second kappa shape index (κ2) is 5.38. The van der Waals surface area contributed by atoms with Crippen molar-refractivity contribution in [3.8, 4) is 5.75 Å². The number of hydrogen-bond acceptors (Lipinski definition) is 3. The van der Waals surface area contributed by atoms with Crippen LogP contribution in [0.15, 0.2) is 18.2 Å². The minimum atomic E-state index is -0.382. The molecule has 2 aliphatic rings. The average Bonchev–Trinajstić information content (AvgIpc) is 2.78. The number of piperidine rings is 1. The van der Waals surface area contributed by atoms with E-state index in [-0.39, 0.29) is 12.1 Å². The number of aliphatic hydroxyl groups excluding tert-OH is 1. The molecule has 3 rings (SSSR count). The molecule has 0 bridgehead atoms. The lowest BCUT2D eigenvalue weighted by Gasteiger charge is -2.42. The van der Waals surface area contributed by atoms with E-state index in [2.05, 4.69) is 24.8 Å². The summed E-state index contributed by atoms with van der Waals surface area (Å²) < 4.78 is 5.28. The highest BCUT2D eigenvalue weighted by atomic mass is 16.5. The number of hydrogen-bond donors (Lipinski definition) is 1. The van der Waals surface area contributed by atoms with E-state index in [4.69, 9.17) is 4.74 Å². The smallest absolute Gasteiger partial charge is 0.119 e. The number of methoxy groups -OCH3 is 1. The third kappa shape index (κ3) is 2.33. The van der Waals surface area contributed by atoms with Crippen LogP contribution in [0.2, 0.25) is 0 Å². The molecule has 1 aliphatic carbocycles. The van der Waals surface area contributed by atoms with Gasteiger partial charge in [-0.05, 0) is 55.4 Å². The molecule has 1 heterocycles. The van der Waals surface area contributed by atoms with Crippen molar-refractivity contribution >= 4 is 0 Å². The Morgan fingerprint density at radius 1 is 1.25 bits per heavy atom. The van der Waals surface area contributed by atoms with Gasteiger partial charge in [0.05, 0.1) is 13.2 Å². The van der Waals surface area contributed by atoms with Crippen LogP contribution in [0, 0.1) is 5.92 Å². The Hall–Kier alpha value is -1.06. The molecule has 3 nitrogen and oxygen atoms in total. The first kappa shape index (κ1) is 13.9. The van der Waals surface area contributed by atoms with Crippen molar-refractivity contribution in [3.05, 3.63) is 29.3 Å². The number of aliphatic hydroxyl groups is 1. The lowest BCUT2D eigenvalue weighted by atomic mass is 9.92. The van der Waals surface area contributed by atoms with Crippen LogP contribution in [-0.2, 0) is 6.42 Å². The zero-order valence-electron chi connectivity index (χ0n) is 12.7. The van der Waals surface area contributed by atoms with E-state index < -0.39 is 0 Å². The molecule has 20 heavy (non-hydrogen) atoms. The molecule has 1 saturated heterocycles. The van der Waals surface area contributed by atoms with Gasteiger partial charge in [0.1, 0.15) is 5.75 Å². The molecule has 0 spiro atoms. The lowest BCUT2D eigenvalue weighted by molar-refractivity contribution is 0.00817. The summed E-state index contributed by atoms with van der Waals surface area (Å²) in [4.78, 5) is 2.52. The van der Waals surface area contributed by atoms with Crippen LogP contribution >= 0.6 is 0 Å². The van der Waals surface area contributed by atoms with Crippen LogP contribution < -0.4 is 4.74 Å². The maximum atomic E-state index is 10.7. The molecule has 0 aromatic heterocycles. The van der Waals surface area contributed by atoms with Crippen LogP contribution in [0.1, 0.15) is 43.9 Å². The molecule has 4 atom stereocenters. The van der Waals surface area contributed by atoms with Gasteiger partial charge in [0.15, 0.2) is 0 Å². The first-order valence-electron chi connectivity index (χ1n) is 7.70. The van der Waals surface area contributed by atoms with Gasteiger partial charge >= 0.3 is 0 Å². The molecule has 3 heteroatoms. The molecular weight excluding hydrogens is 250 g/mol. The topological polar surface area (TPSA) is 32.7 Å². The van der Waals surface area contributed by atoms with Gasteiger partial charge in [-0.3, -0.25) is 4.90 Å². The van der Waals surface area contributed by atoms with Crippen molar-refractivity contribution in [1.82, 2.24) is 4.90 Å². The Morgan fingerprint density at radius 3 is 2.80 bits per heavy atom. The second-order valence-electron chi connectivity index (χ2n) is 6.51. The molecule has 1 aromatic carbocycles. The van der Waals surface area contributed by atoms with E-state index in [0.717, 1.165) is 30.2 Å². The Morgan fingerprint density at radius 2 is 2.05 bits per heavy atom. The maximum absolute atomic E-state index is 10.7. The molecule has 0 amide bonds. The third-order valence-corrected chi connectivity index (χ3v) is 5.06. The SMILES string of the molecule is COc1ccc2c(c1)C(O)C(N1CC(C)CCC1C)C2. The quantitative estimate of drug-likeness (QED) is 0.901. The van der Waals surface area contributed by atoms with Gasteiger partial charge in [0.2, 0.25) is 0 Å². The van der Waals surface area contributed by atoms with Crippen LogP contribution in [0.25, 0.3) is 0 Å². The fourth-order valence-electron chi connectivity index (χ4n) is 3.79. The Bertz CT molecular complexity index is 488. The van der Waals surface area contributed by atoms with Crippen LogP contribution in [0.4, 0.5) is 0 Å². The van der Waals surface area contributed by atoms with E-state index in [9.17, 15) is 5.11 Å². The third-order valence-electron chi connectivity index (χ3n) is 5.06. The first-order chi connectivity index (χ1) is 9.60. The summed E-state index contributed by atoms with van der Waals surface area (Å²) in [5.41, 5.74) is 2.33. The van der Waals surface area contributed by atoms with Crippen LogP contribution in [-0.4, -0.2) is 35.7 Å². The van der Waals surface area contributed by atoms with Crippen molar-refractivity contribution in [3.63, 3.8) is 0 Å². The summed E-state index contributed by atoms with van der Waals surface area (Å²) in [5.74, 6) is 1.57. The van der Waals surface area contributed by atoms with Crippen molar-refractivity contribution in [2.75, 3.05) is 13.7 Å². The first-order valence-corrected chi connectivity index (χ1v) is 7.70. The van der Waals surface area contributed by atoms with Gasteiger partial charge in [-0.15, -0.1) is 0 Å². The summed E-state index contributed by atoms with van der Waals surface area (Å²) >= 11 is 0. The van der Waals surface area contributed by atoms with Crippen molar-refractivity contribution in [2.45, 2.75) is 51.3 Å². The Kier molecular flexibility index (Phi) is 3.74. The lowest BCUT2D eigenvalue weighted by Crippen LogP contribution is -2.49. The van der Waals surface area contributed by atoms with E-state index in [1.807, 2.05) is 12.1 Å². The summed E-state index contributed by atoms with van der Waals surface area (Å²) in [6.07, 6.45) is 3.12. The number of fused-ring (bicyclic) bond motifs is 1. The van der Waals surface area contributed by atoms with Crippen LogP contribution in [0.3, 0.4) is 0 Å². The van der Waals surface area contributed by atoms with Crippen molar-refractivity contribution in [1.29, 1.82) is 0 Å². The van der Waals surface area contributed by atoms with Gasteiger partial charge < -0.3 is 9.84 Å². The Labute approximate surface area is 121 Å². The van der Waals surface area contributed by atoms with Gasteiger partial charge in [0.25, 0.3) is 0 Å². The monoisotopic (exact) mass is 275 g/mol. The highest BCUT2D eigenvalue weighted by Gasteiger charge is 2.39. The van der Waals surface area contributed by atoms with Gasteiger partial charge in [-0.1, -0.05) is 13.0 Å². The summed E-state index contributed by atoms with van der Waals surface area (Å²) in [6.45, 7) is 5.71. The molecule has 110 valence electrons. The summed E-state index contributed by atoms with van der Waals surface area (Å²) in [7, 11) is 1.68. The molecule has 0 saturated carbocycles. The normalized spacial score (nSPS) is 34.0. The van der Waals surface area contributed by atoms with Crippen molar-refractivity contribution < 1.29 is 9.84 Å². The van der Waals surface area contributed by atoms with Crippen LogP contribution in [0.5, 0.6) is 5.75 Å².